The number of phenols is 1. The summed E-state index contributed by atoms with van der Waals surface area (Å²) >= 11 is 0. The lowest BCUT2D eigenvalue weighted by Crippen LogP contribution is -2.65. The van der Waals surface area contributed by atoms with Gasteiger partial charge in [-0.15, -0.1) is 24.8 Å². The van der Waals surface area contributed by atoms with Crippen LogP contribution in [0.4, 0.5) is 5.69 Å². The quantitative estimate of drug-likeness (QED) is 0.171. The van der Waals surface area contributed by atoms with Gasteiger partial charge in [-0.1, -0.05) is 19.9 Å². The monoisotopic (exact) mass is 614 g/mol. The Labute approximate surface area is 249 Å². The Hall–Kier alpha value is -3.16. The molecule has 0 radical (unpaired) electrons. The number of phenolic OH excluding ortho intramolecular Hbond substituents is 1. The van der Waals surface area contributed by atoms with Crippen LogP contribution in [0.15, 0.2) is 29.0 Å². The summed E-state index contributed by atoms with van der Waals surface area (Å²) in [5, 5.41) is 50.3. The first kappa shape index (κ1) is 34.0. The number of likely N-dealkylation sites (N-methyl/N-ethyl adjacent to an activating group) is 1. The van der Waals surface area contributed by atoms with E-state index in [1.165, 1.54) is 11.0 Å². The van der Waals surface area contributed by atoms with Crippen LogP contribution in [0.25, 0.3) is 5.76 Å². The summed E-state index contributed by atoms with van der Waals surface area (Å²) in [4.78, 5) is 52.8. The van der Waals surface area contributed by atoms with Gasteiger partial charge in [0.2, 0.25) is 11.7 Å². The molecule has 1 aromatic carbocycles. The molecule has 1 saturated carbocycles. The summed E-state index contributed by atoms with van der Waals surface area (Å²) in [6.45, 7) is 4.59. The maximum atomic E-state index is 13.8. The van der Waals surface area contributed by atoms with Gasteiger partial charge in [0.05, 0.1) is 23.8 Å². The SMILES string of the molecule is CC(C)CNCC(=O)Nc1ccc2c(c1O)C(O)=C1C(=O)C3(O)C(O)=C(C(N)=O)C(=O)[C@@H](N(C)C)C3CC1C2.Cl.Cl. The van der Waals surface area contributed by atoms with E-state index in [4.69, 9.17) is 5.73 Å². The van der Waals surface area contributed by atoms with Crippen molar-refractivity contribution in [3.63, 3.8) is 0 Å². The van der Waals surface area contributed by atoms with Crippen molar-refractivity contribution >= 4 is 59.6 Å². The number of hydrogen-bond acceptors (Lipinski definition) is 10. The van der Waals surface area contributed by atoms with Gasteiger partial charge in [0, 0.05) is 11.5 Å². The number of anilines is 1. The molecule has 4 atom stereocenters. The average Bonchev–Trinajstić information content (AvgIpc) is 2.82. The minimum atomic E-state index is -2.70. The Kier molecular flexibility index (Phi) is 10.3. The summed E-state index contributed by atoms with van der Waals surface area (Å²) in [7, 11) is 3.08. The lowest BCUT2D eigenvalue weighted by molar-refractivity contribution is -0.153. The maximum absolute atomic E-state index is 13.8. The highest BCUT2D eigenvalue weighted by atomic mass is 35.5. The van der Waals surface area contributed by atoms with Crippen molar-refractivity contribution in [1.29, 1.82) is 0 Å². The number of ketones is 2. The van der Waals surface area contributed by atoms with Crippen LogP contribution < -0.4 is 16.4 Å². The van der Waals surface area contributed by atoms with Crippen LogP contribution in [-0.4, -0.2) is 87.5 Å². The number of amides is 2. The lowest BCUT2D eigenvalue weighted by Gasteiger charge is -2.50. The molecule has 3 aliphatic rings. The summed E-state index contributed by atoms with van der Waals surface area (Å²) in [6, 6.07) is 1.97. The Morgan fingerprint density at radius 3 is 2.34 bits per heavy atom. The van der Waals surface area contributed by atoms with Crippen LogP contribution >= 0.6 is 24.8 Å². The molecule has 0 aromatic heterocycles. The zero-order valence-corrected chi connectivity index (χ0v) is 24.7. The number of benzene rings is 1. The number of rotatable bonds is 7. The van der Waals surface area contributed by atoms with Gasteiger partial charge in [0.1, 0.15) is 22.8 Å². The highest BCUT2D eigenvalue weighted by Gasteiger charge is 2.64. The molecule has 4 rings (SSSR count). The van der Waals surface area contributed by atoms with Crippen LogP contribution in [0.5, 0.6) is 5.75 Å². The molecule has 41 heavy (non-hydrogen) atoms. The molecule has 0 heterocycles. The Balaban J connectivity index is 0.00000294. The number of aliphatic hydroxyl groups is 3. The molecular weight excluding hydrogens is 579 g/mol. The predicted octanol–water partition coefficient (Wildman–Crippen LogP) is 0.992. The van der Waals surface area contributed by atoms with Crippen LogP contribution in [0, 0.1) is 17.8 Å². The predicted molar refractivity (Wildman–Crippen MR) is 155 cm³/mol. The van der Waals surface area contributed by atoms with Crippen LogP contribution in [0.3, 0.4) is 0 Å². The first-order valence-electron chi connectivity index (χ1n) is 12.7. The second-order valence-electron chi connectivity index (χ2n) is 11.0. The topological polar surface area (TPSA) is 203 Å². The number of nitrogens with zero attached hydrogens (tertiary/aromatic N) is 1. The third-order valence-electron chi connectivity index (χ3n) is 7.71. The van der Waals surface area contributed by atoms with Crippen molar-refractivity contribution in [3.05, 3.63) is 40.2 Å². The minimum absolute atomic E-state index is 0. The molecule has 14 heteroatoms. The van der Waals surface area contributed by atoms with Crippen molar-refractivity contribution < 1.29 is 39.6 Å². The van der Waals surface area contributed by atoms with Crippen LogP contribution in [-0.2, 0) is 25.6 Å². The second-order valence-corrected chi connectivity index (χ2v) is 11.0. The van der Waals surface area contributed by atoms with Crippen molar-refractivity contribution in [2.45, 2.75) is 38.3 Å². The van der Waals surface area contributed by atoms with E-state index < -0.39 is 69.7 Å². The summed E-state index contributed by atoms with van der Waals surface area (Å²) in [6.07, 6.45) is 0.179. The molecule has 0 saturated heterocycles. The number of aromatic hydroxyl groups is 1. The maximum Gasteiger partial charge on any atom is 0.255 e. The van der Waals surface area contributed by atoms with Crippen molar-refractivity contribution in [2.24, 2.45) is 23.5 Å². The fourth-order valence-electron chi connectivity index (χ4n) is 5.99. The van der Waals surface area contributed by atoms with E-state index in [1.54, 1.807) is 20.2 Å². The second kappa shape index (κ2) is 12.4. The van der Waals surface area contributed by atoms with E-state index in [9.17, 15) is 39.6 Å². The van der Waals surface area contributed by atoms with E-state index in [2.05, 4.69) is 10.6 Å². The van der Waals surface area contributed by atoms with Crippen molar-refractivity contribution in [3.8, 4) is 5.75 Å². The van der Waals surface area contributed by atoms with Crippen LogP contribution in [0.2, 0.25) is 0 Å². The Morgan fingerprint density at radius 1 is 1.15 bits per heavy atom. The summed E-state index contributed by atoms with van der Waals surface area (Å²) in [5.41, 5.74) is 1.94. The molecule has 0 spiro atoms. The number of carbonyl (C=O) groups is 4. The van der Waals surface area contributed by atoms with E-state index >= 15 is 0 Å². The number of hydrogen-bond donors (Lipinski definition) is 7. The van der Waals surface area contributed by atoms with E-state index in [0.717, 1.165) is 0 Å². The van der Waals surface area contributed by atoms with Gasteiger partial charge in [-0.3, -0.25) is 24.1 Å². The zero-order chi connectivity index (χ0) is 29.0. The third kappa shape index (κ3) is 5.54. The van der Waals surface area contributed by atoms with Gasteiger partial charge in [0.25, 0.3) is 5.91 Å². The fourth-order valence-corrected chi connectivity index (χ4v) is 5.99. The molecule has 0 aliphatic heterocycles. The smallest absolute Gasteiger partial charge is 0.255 e. The third-order valence-corrected chi connectivity index (χ3v) is 7.71. The molecule has 8 N–H and O–H groups in total. The number of aliphatic hydroxyl groups excluding tert-OH is 2. The van der Waals surface area contributed by atoms with Gasteiger partial charge in [0.15, 0.2) is 11.4 Å². The van der Waals surface area contributed by atoms with E-state index in [0.29, 0.717) is 18.0 Å². The number of halogens is 2. The minimum Gasteiger partial charge on any atom is -0.508 e. The number of primary amides is 1. The van der Waals surface area contributed by atoms with Crippen molar-refractivity contribution in [2.75, 3.05) is 32.5 Å². The van der Waals surface area contributed by atoms with E-state index in [1.807, 2.05) is 13.8 Å². The normalized spacial score (nSPS) is 25.2. The first-order chi connectivity index (χ1) is 18.2. The fraction of sp³-hybridized carbons (Fsp3) is 0.481. The molecule has 0 bridgehead atoms. The first-order valence-corrected chi connectivity index (χ1v) is 12.7. The lowest BCUT2D eigenvalue weighted by atomic mass is 9.57. The zero-order valence-electron chi connectivity index (χ0n) is 23.1. The summed E-state index contributed by atoms with van der Waals surface area (Å²) in [5.74, 6) is -7.29. The number of Topliss-reactive ketones (excluding diaryl/α,β-unsaturated/α-hetero) is 2. The van der Waals surface area contributed by atoms with Gasteiger partial charge in [-0.25, -0.2) is 0 Å². The molecule has 1 fully saturated rings. The molecule has 2 amide bonds. The average molecular weight is 616 g/mol. The van der Waals surface area contributed by atoms with Gasteiger partial charge < -0.3 is 36.8 Å². The van der Waals surface area contributed by atoms with E-state index in [-0.39, 0.29) is 61.0 Å². The highest BCUT2D eigenvalue weighted by molar-refractivity contribution is 6.24. The molecule has 1 aromatic rings. The largest absolute Gasteiger partial charge is 0.508 e. The number of nitrogens with two attached hydrogens (primary N) is 1. The molecule has 12 nitrogen and oxygen atoms in total. The van der Waals surface area contributed by atoms with Gasteiger partial charge >= 0.3 is 0 Å². The molecule has 3 unspecified atom stereocenters. The molecular formula is C27H36Cl2N4O8. The standard InChI is InChI=1S/C27H34N4O8.2ClH/c1-11(2)9-29-10-16(32)30-15-6-5-12-7-13-8-14-20(31(3)4)23(35)19(26(28)38)25(37)27(14,39)24(36)18(13)22(34)17(12)21(15)33;;/h5-6,11,13-14,20,29,33-34,37,39H,7-10H2,1-4H3,(H2,28,38)(H,30,32);2*1H/t13?,14?,20-,27?;;/m0../s1. The van der Waals surface area contributed by atoms with Crippen molar-refractivity contribution in [1.82, 2.24) is 10.2 Å². The molecule has 226 valence electrons. The Bertz CT molecular complexity index is 1340. The molecule has 3 aliphatic carbocycles. The Morgan fingerprint density at radius 2 is 1.78 bits per heavy atom. The highest BCUT2D eigenvalue weighted by Crippen LogP contribution is 2.53. The number of nitrogens with one attached hydrogen (secondary N) is 2. The van der Waals surface area contributed by atoms with Gasteiger partial charge in [-0.05, 0) is 56.9 Å². The summed E-state index contributed by atoms with van der Waals surface area (Å²) < 4.78 is 0. The van der Waals surface area contributed by atoms with Gasteiger partial charge in [-0.2, -0.15) is 0 Å². The number of carbonyl (C=O) groups excluding carboxylic acids is 4. The number of fused-ring (bicyclic) bond motifs is 3. The van der Waals surface area contributed by atoms with Crippen LogP contribution in [0.1, 0.15) is 31.4 Å².